The van der Waals surface area contributed by atoms with Crippen molar-refractivity contribution in [3.8, 4) is 6.07 Å². The van der Waals surface area contributed by atoms with E-state index in [2.05, 4.69) is 30.3 Å². The number of nitriles is 1. The van der Waals surface area contributed by atoms with E-state index < -0.39 is 0 Å². The third-order valence-corrected chi connectivity index (χ3v) is 3.06. The van der Waals surface area contributed by atoms with Crippen molar-refractivity contribution in [1.29, 1.82) is 5.26 Å². The van der Waals surface area contributed by atoms with Gasteiger partial charge in [0.25, 0.3) is 0 Å². The maximum absolute atomic E-state index is 8.73. The van der Waals surface area contributed by atoms with Gasteiger partial charge in [-0.15, -0.1) is 0 Å². The normalized spacial score (nSPS) is 10.5. The second-order valence-corrected chi connectivity index (χ2v) is 4.40. The first-order valence-corrected chi connectivity index (χ1v) is 6.13. The average molecular weight is 252 g/mol. The Balaban J connectivity index is 2.40. The summed E-state index contributed by atoms with van der Waals surface area (Å²) in [7, 11) is 2.09. The highest BCUT2D eigenvalue weighted by molar-refractivity contribution is 6.31. The van der Waals surface area contributed by atoms with Gasteiger partial charge in [-0.25, -0.2) is 0 Å². The first-order valence-electron chi connectivity index (χ1n) is 5.75. The lowest BCUT2D eigenvalue weighted by molar-refractivity contribution is 0.349. The zero-order valence-corrected chi connectivity index (χ0v) is 11.1. The second kappa shape index (κ2) is 7.29. The van der Waals surface area contributed by atoms with Gasteiger partial charge in [-0.1, -0.05) is 24.6 Å². The van der Waals surface area contributed by atoms with Gasteiger partial charge in [0.05, 0.1) is 11.6 Å². The number of likely N-dealkylation sites (N-methyl/N-ethyl adjacent to an activating group) is 1. The number of hydrogen-bond donors (Lipinski definition) is 1. The molecule has 0 saturated heterocycles. The van der Waals surface area contributed by atoms with Gasteiger partial charge >= 0.3 is 0 Å². The zero-order chi connectivity index (χ0) is 12.7. The van der Waals surface area contributed by atoms with Crippen molar-refractivity contribution in [2.45, 2.75) is 13.5 Å². The molecule has 0 fully saturated rings. The van der Waals surface area contributed by atoms with Crippen LogP contribution < -0.4 is 5.32 Å². The van der Waals surface area contributed by atoms with Crippen LogP contribution >= 0.6 is 11.6 Å². The number of hydrogen-bond acceptors (Lipinski definition) is 3. The fraction of sp³-hybridized carbons (Fsp3) is 0.462. The van der Waals surface area contributed by atoms with Gasteiger partial charge in [0.1, 0.15) is 0 Å². The summed E-state index contributed by atoms with van der Waals surface area (Å²) in [6.07, 6.45) is 0. The molecule has 0 amide bonds. The molecule has 4 heteroatoms. The molecular weight excluding hydrogens is 234 g/mol. The van der Waals surface area contributed by atoms with Crippen molar-refractivity contribution in [2.24, 2.45) is 0 Å². The van der Waals surface area contributed by atoms with E-state index in [0.29, 0.717) is 10.6 Å². The Morgan fingerprint density at radius 3 is 2.82 bits per heavy atom. The van der Waals surface area contributed by atoms with Crippen LogP contribution in [0.3, 0.4) is 0 Å². The summed E-state index contributed by atoms with van der Waals surface area (Å²) in [6, 6.07) is 7.47. The van der Waals surface area contributed by atoms with Crippen molar-refractivity contribution >= 4 is 11.6 Å². The molecule has 1 rings (SSSR count). The molecule has 0 bridgehead atoms. The van der Waals surface area contributed by atoms with Crippen LogP contribution in [0.5, 0.6) is 0 Å². The lowest BCUT2D eigenvalue weighted by Gasteiger charge is -2.14. The predicted octanol–water partition coefficient (Wildman–Crippen LogP) is 2.25. The molecule has 0 spiro atoms. The van der Waals surface area contributed by atoms with Gasteiger partial charge < -0.3 is 10.2 Å². The number of nitrogens with one attached hydrogen (secondary N) is 1. The molecule has 17 heavy (non-hydrogen) atoms. The fourth-order valence-electron chi connectivity index (χ4n) is 1.41. The minimum atomic E-state index is 0.601. The van der Waals surface area contributed by atoms with Crippen LogP contribution in [0.25, 0.3) is 0 Å². The van der Waals surface area contributed by atoms with Crippen LogP contribution in [0.1, 0.15) is 18.1 Å². The molecule has 92 valence electrons. The Hall–Kier alpha value is -1.08. The summed E-state index contributed by atoms with van der Waals surface area (Å²) in [6.45, 7) is 5.88. The fourth-order valence-corrected chi connectivity index (χ4v) is 1.66. The van der Waals surface area contributed by atoms with Crippen molar-refractivity contribution in [1.82, 2.24) is 10.2 Å². The molecule has 0 heterocycles. The summed E-state index contributed by atoms with van der Waals surface area (Å²) < 4.78 is 0. The molecule has 0 saturated carbocycles. The largest absolute Gasteiger partial charge is 0.311 e. The van der Waals surface area contributed by atoms with E-state index in [-0.39, 0.29) is 0 Å². The average Bonchev–Trinajstić information content (AvgIpc) is 2.35. The van der Waals surface area contributed by atoms with Crippen LogP contribution in [0.15, 0.2) is 18.2 Å². The van der Waals surface area contributed by atoms with Crippen molar-refractivity contribution in [2.75, 3.05) is 26.7 Å². The minimum Gasteiger partial charge on any atom is -0.311 e. The molecule has 0 radical (unpaired) electrons. The van der Waals surface area contributed by atoms with Gasteiger partial charge in [-0.05, 0) is 31.3 Å². The zero-order valence-electron chi connectivity index (χ0n) is 10.3. The molecule has 1 N–H and O–H groups in total. The van der Waals surface area contributed by atoms with Crippen LogP contribution in [0.4, 0.5) is 0 Å². The highest BCUT2D eigenvalue weighted by atomic mass is 35.5. The van der Waals surface area contributed by atoms with Crippen molar-refractivity contribution in [3.63, 3.8) is 0 Å². The maximum Gasteiger partial charge on any atom is 0.0992 e. The number of nitrogens with zero attached hydrogens (tertiary/aromatic N) is 2. The van der Waals surface area contributed by atoms with Gasteiger partial charge in [0, 0.05) is 24.7 Å². The Bertz CT molecular complexity index is 398. The van der Waals surface area contributed by atoms with Gasteiger partial charge in [0.2, 0.25) is 0 Å². The molecule has 1 aromatic rings. The summed E-state index contributed by atoms with van der Waals surface area (Å²) in [4.78, 5) is 2.24. The van der Waals surface area contributed by atoms with E-state index in [4.69, 9.17) is 16.9 Å². The van der Waals surface area contributed by atoms with Crippen molar-refractivity contribution < 1.29 is 0 Å². The van der Waals surface area contributed by atoms with Crippen LogP contribution in [-0.2, 0) is 6.54 Å². The topological polar surface area (TPSA) is 39.1 Å². The molecule has 0 unspecified atom stereocenters. The van der Waals surface area contributed by atoms with E-state index in [9.17, 15) is 0 Å². The first-order chi connectivity index (χ1) is 8.17. The lowest BCUT2D eigenvalue weighted by Crippen LogP contribution is -2.28. The Morgan fingerprint density at radius 1 is 1.47 bits per heavy atom. The van der Waals surface area contributed by atoms with E-state index in [0.717, 1.165) is 31.7 Å². The molecular formula is C13H18ClN3. The summed E-state index contributed by atoms with van der Waals surface area (Å²) in [5, 5.41) is 12.7. The predicted molar refractivity (Wildman–Crippen MR) is 71.0 cm³/mol. The SMILES string of the molecule is CCN(C)CCNCc1ccc(C#N)cc1Cl. The van der Waals surface area contributed by atoms with Crippen LogP contribution in [0, 0.1) is 11.3 Å². The summed E-state index contributed by atoms with van der Waals surface area (Å²) in [5.74, 6) is 0. The number of benzene rings is 1. The lowest BCUT2D eigenvalue weighted by atomic mass is 10.1. The highest BCUT2D eigenvalue weighted by Gasteiger charge is 2.01. The minimum absolute atomic E-state index is 0.601. The van der Waals surface area contributed by atoms with Gasteiger partial charge in [0.15, 0.2) is 0 Å². The van der Waals surface area contributed by atoms with Crippen LogP contribution in [-0.4, -0.2) is 31.6 Å². The second-order valence-electron chi connectivity index (χ2n) is 3.99. The summed E-state index contributed by atoms with van der Waals surface area (Å²) >= 11 is 6.08. The van der Waals surface area contributed by atoms with E-state index in [1.807, 2.05) is 6.07 Å². The molecule has 0 aliphatic heterocycles. The summed E-state index contributed by atoms with van der Waals surface area (Å²) in [5.41, 5.74) is 1.63. The smallest absolute Gasteiger partial charge is 0.0992 e. The van der Waals surface area contributed by atoms with Gasteiger partial charge in [-0.3, -0.25) is 0 Å². The number of rotatable bonds is 6. The Morgan fingerprint density at radius 2 is 2.24 bits per heavy atom. The molecule has 0 aromatic heterocycles. The quantitative estimate of drug-likeness (QED) is 0.789. The molecule has 3 nitrogen and oxygen atoms in total. The molecule has 0 aliphatic carbocycles. The van der Waals surface area contributed by atoms with E-state index in [1.54, 1.807) is 12.1 Å². The maximum atomic E-state index is 8.73. The Kier molecular flexibility index (Phi) is 5.99. The van der Waals surface area contributed by atoms with E-state index in [1.165, 1.54) is 0 Å². The van der Waals surface area contributed by atoms with Crippen molar-refractivity contribution in [3.05, 3.63) is 34.3 Å². The third-order valence-electron chi connectivity index (χ3n) is 2.71. The molecule has 0 aliphatic rings. The number of halogens is 1. The third kappa shape index (κ3) is 4.74. The monoisotopic (exact) mass is 251 g/mol. The Labute approximate surface area is 108 Å². The van der Waals surface area contributed by atoms with Gasteiger partial charge in [-0.2, -0.15) is 5.26 Å². The molecule has 0 atom stereocenters. The van der Waals surface area contributed by atoms with Crippen LogP contribution in [0.2, 0.25) is 5.02 Å². The molecule has 1 aromatic carbocycles. The highest BCUT2D eigenvalue weighted by Crippen LogP contribution is 2.17. The standard InChI is InChI=1S/C13H18ClN3/c1-3-17(2)7-6-16-10-12-5-4-11(9-15)8-13(12)14/h4-5,8,16H,3,6-7,10H2,1-2H3. The first kappa shape index (κ1) is 14.0. The van der Waals surface area contributed by atoms with E-state index >= 15 is 0 Å².